The summed E-state index contributed by atoms with van der Waals surface area (Å²) in [6.07, 6.45) is -3.94. The molecular weight excluding hydrogens is 337 g/mol. The lowest BCUT2D eigenvalue weighted by Gasteiger charge is -2.35. The Morgan fingerprint density at radius 2 is 2.00 bits per heavy atom. The second kappa shape index (κ2) is 6.47. The predicted molar refractivity (Wildman–Crippen MR) is 82.4 cm³/mol. The molecule has 3 rings (SSSR count). The van der Waals surface area contributed by atoms with Gasteiger partial charge in [-0.25, -0.2) is 0 Å². The number of halogens is 3. The smallest absolute Gasteiger partial charge is 0.338 e. The highest BCUT2D eigenvalue weighted by molar-refractivity contribution is 5.94. The maximum atomic E-state index is 12.5. The van der Waals surface area contributed by atoms with Gasteiger partial charge < -0.3 is 15.2 Å². The van der Waals surface area contributed by atoms with E-state index in [0.29, 0.717) is 24.2 Å². The van der Waals surface area contributed by atoms with Crippen molar-refractivity contribution in [3.8, 4) is 11.4 Å². The molecule has 1 aliphatic rings. The van der Waals surface area contributed by atoms with Crippen molar-refractivity contribution in [2.45, 2.75) is 25.6 Å². The van der Waals surface area contributed by atoms with Crippen LogP contribution >= 0.6 is 0 Å². The number of carbonyl (C=O) groups excluding carboxylic acids is 1. The number of likely N-dealkylation sites (tertiary alicyclic amines) is 1. The summed E-state index contributed by atoms with van der Waals surface area (Å²) in [6.45, 7) is 3.18. The molecule has 1 aromatic carbocycles. The first-order valence-corrected chi connectivity index (χ1v) is 7.82. The van der Waals surface area contributed by atoms with Crippen molar-refractivity contribution in [2.75, 3.05) is 13.1 Å². The molecule has 2 N–H and O–H groups in total. The average molecular weight is 354 g/mol. The van der Waals surface area contributed by atoms with Gasteiger partial charge in [-0.2, -0.15) is 18.2 Å². The van der Waals surface area contributed by atoms with Crippen LogP contribution in [0.1, 0.15) is 29.6 Å². The lowest BCUT2D eigenvalue weighted by atomic mass is 9.94. The number of nitrogens with two attached hydrogens (primary N) is 1. The fraction of sp³-hybridized carbons (Fsp3) is 0.438. The Hall–Kier alpha value is -2.42. The molecule has 25 heavy (non-hydrogen) atoms. The van der Waals surface area contributed by atoms with E-state index in [9.17, 15) is 18.0 Å². The number of rotatable bonds is 2. The largest absolute Gasteiger partial charge is 0.471 e. The van der Waals surface area contributed by atoms with Gasteiger partial charge in [0.2, 0.25) is 5.82 Å². The van der Waals surface area contributed by atoms with Crippen molar-refractivity contribution in [2.24, 2.45) is 11.7 Å². The van der Waals surface area contributed by atoms with Crippen LogP contribution in [-0.2, 0) is 6.18 Å². The van der Waals surface area contributed by atoms with Gasteiger partial charge in [0.1, 0.15) is 0 Å². The van der Waals surface area contributed by atoms with E-state index in [-0.39, 0.29) is 23.7 Å². The summed E-state index contributed by atoms with van der Waals surface area (Å²) in [7, 11) is 0. The van der Waals surface area contributed by atoms with E-state index in [1.54, 1.807) is 17.0 Å². The van der Waals surface area contributed by atoms with E-state index < -0.39 is 12.1 Å². The predicted octanol–water partition coefficient (Wildman–Crippen LogP) is 2.56. The third-order valence-electron chi connectivity index (χ3n) is 4.32. The summed E-state index contributed by atoms with van der Waals surface area (Å²) in [5, 5.41) is 3.32. The van der Waals surface area contributed by atoms with Crippen LogP contribution in [0.15, 0.2) is 28.8 Å². The van der Waals surface area contributed by atoms with Crippen molar-refractivity contribution in [3.05, 3.63) is 35.7 Å². The van der Waals surface area contributed by atoms with Gasteiger partial charge in [-0.1, -0.05) is 24.2 Å². The Labute approximate surface area is 141 Å². The third kappa shape index (κ3) is 3.65. The van der Waals surface area contributed by atoms with Gasteiger partial charge in [0, 0.05) is 30.3 Å². The lowest BCUT2D eigenvalue weighted by molar-refractivity contribution is -0.159. The second-order valence-electron chi connectivity index (χ2n) is 6.18. The molecular formula is C16H17F3N4O2. The Morgan fingerprint density at radius 3 is 2.56 bits per heavy atom. The van der Waals surface area contributed by atoms with Crippen LogP contribution in [0.2, 0.25) is 0 Å². The molecule has 1 amide bonds. The van der Waals surface area contributed by atoms with Crippen LogP contribution in [0, 0.1) is 5.92 Å². The standard InChI is InChI=1S/C16H17F3N4O2/c1-9-8-23(7-6-12(9)20)14(24)11-4-2-10(3-5-11)13-21-15(25-22-13)16(17,18)19/h2-5,9,12H,6-8,20H2,1H3/t9-,12-/m0/s1. The Morgan fingerprint density at radius 1 is 1.32 bits per heavy atom. The minimum atomic E-state index is -4.69. The van der Waals surface area contributed by atoms with E-state index in [2.05, 4.69) is 14.7 Å². The summed E-state index contributed by atoms with van der Waals surface area (Å²) >= 11 is 0. The topological polar surface area (TPSA) is 85.2 Å². The summed E-state index contributed by atoms with van der Waals surface area (Å²) in [5.74, 6) is -1.49. The van der Waals surface area contributed by atoms with Gasteiger partial charge in [0.25, 0.3) is 5.91 Å². The molecule has 134 valence electrons. The number of hydrogen-bond acceptors (Lipinski definition) is 5. The van der Waals surface area contributed by atoms with Gasteiger partial charge >= 0.3 is 12.1 Å². The van der Waals surface area contributed by atoms with E-state index >= 15 is 0 Å². The SMILES string of the molecule is C[C@H]1CN(C(=O)c2ccc(-c3noc(C(F)(F)F)n3)cc2)CC[C@@H]1N. The molecule has 2 atom stereocenters. The molecule has 0 radical (unpaired) electrons. The highest BCUT2D eigenvalue weighted by Gasteiger charge is 2.38. The van der Waals surface area contributed by atoms with Crippen LogP contribution in [-0.4, -0.2) is 40.1 Å². The number of alkyl halides is 3. The van der Waals surface area contributed by atoms with Gasteiger partial charge in [-0.15, -0.1) is 0 Å². The van der Waals surface area contributed by atoms with Crippen LogP contribution in [0.25, 0.3) is 11.4 Å². The summed E-state index contributed by atoms with van der Waals surface area (Å²) in [5.41, 5.74) is 6.74. The van der Waals surface area contributed by atoms with Gasteiger partial charge in [0.05, 0.1) is 0 Å². The Balaban J connectivity index is 1.74. The maximum Gasteiger partial charge on any atom is 0.471 e. The fourth-order valence-electron chi connectivity index (χ4n) is 2.75. The van der Waals surface area contributed by atoms with Crippen molar-refractivity contribution >= 4 is 5.91 Å². The number of nitrogens with zero attached hydrogens (tertiary/aromatic N) is 3. The average Bonchev–Trinajstić information content (AvgIpc) is 3.07. The number of hydrogen-bond donors (Lipinski definition) is 1. The zero-order valence-electron chi connectivity index (χ0n) is 13.5. The van der Waals surface area contributed by atoms with E-state index in [1.807, 2.05) is 6.92 Å². The van der Waals surface area contributed by atoms with Crippen LogP contribution in [0.4, 0.5) is 13.2 Å². The van der Waals surface area contributed by atoms with Crippen molar-refractivity contribution in [1.82, 2.24) is 15.0 Å². The van der Waals surface area contributed by atoms with E-state index in [4.69, 9.17) is 5.73 Å². The molecule has 0 spiro atoms. The number of carbonyl (C=O) groups is 1. The normalized spacial score (nSPS) is 21.4. The monoisotopic (exact) mass is 354 g/mol. The minimum Gasteiger partial charge on any atom is -0.338 e. The van der Waals surface area contributed by atoms with Gasteiger partial charge in [0.15, 0.2) is 0 Å². The highest BCUT2D eigenvalue weighted by atomic mass is 19.4. The molecule has 1 aliphatic heterocycles. The van der Waals surface area contributed by atoms with Crippen molar-refractivity contribution in [3.63, 3.8) is 0 Å². The Kier molecular flexibility index (Phi) is 4.51. The molecule has 0 aliphatic carbocycles. The number of piperidine rings is 1. The molecule has 1 fully saturated rings. The van der Waals surface area contributed by atoms with Gasteiger partial charge in [-0.3, -0.25) is 4.79 Å². The summed E-state index contributed by atoms with van der Waals surface area (Å²) in [4.78, 5) is 17.6. The molecule has 0 bridgehead atoms. The van der Waals surface area contributed by atoms with Crippen LogP contribution in [0.3, 0.4) is 0 Å². The van der Waals surface area contributed by atoms with E-state index in [0.717, 1.165) is 6.42 Å². The van der Waals surface area contributed by atoms with Crippen molar-refractivity contribution < 1.29 is 22.5 Å². The molecule has 0 unspecified atom stereocenters. The lowest BCUT2D eigenvalue weighted by Crippen LogP contribution is -2.48. The van der Waals surface area contributed by atoms with Crippen LogP contribution < -0.4 is 5.73 Å². The quantitative estimate of drug-likeness (QED) is 0.896. The van der Waals surface area contributed by atoms with Crippen LogP contribution in [0.5, 0.6) is 0 Å². The zero-order valence-corrected chi connectivity index (χ0v) is 13.5. The zero-order chi connectivity index (χ0) is 18.2. The second-order valence-corrected chi connectivity index (χ2v) is 6.18. The first-order valence-electron chi connectivity index (χ1n) is 7.82. The highest BCUT2D eigenvalue weighted by Crippen LogP contribution is 2.29. The molecule has 1 saturated heterocycles. The van der Waals surface area contributed by atoms with Gasteiger partial charge in [-0.05, 0) is 24.5 Å². The molecule has 6 nitrogen and oxygen atoms in total. The first kappa shape index (κ1) is 17.4. The molecule has 9 heteroatoms. The molecule has 1 aromatic heterocycles. The fourth-order valence-corrected chi connectivity index (χ4v) is 2.75. The molecule has 0 saturated carbocycles. The molecule has 2 aromatic rings. The third-order valence-corrected chi connectivity index (χ3v) is 4.32. The number of amides is 1. The minimum absolute atomic E-state index is 0.0903. The Bertz CT molecular complexity index is 757. The van der Waals surface area contributed by atoms with E-state index in [1.165, 1.54) is 12.1 Å². The summed E-state index contributed by atoms with van der Waals surface area (Å²) in [6, 6.07) is 6.17. The number of aromatic nitrogens is 2. The summed E-state index contributed by atoms with van der Waals surface area (Å²) < 4.78 is 41.7. The molecule has 2 heterocycles. The number of benzene rings is 1. The maximum absolute atomic E-state index is 12.5. The van der Waals surface area contributed by atoms with Crippen molar-refractivity contribution in [1.29, 1.82) is 0 Å². The first-order chi connectivity index (χ1) is 11.8.